The van der Waals surface area contributed by atoms with Crippen LogP contribution in [-0.4, -0.2) is 29.7 Å². The molecule has 1 aromatic carbocycles. The van der Waals surface area contributed by atoms with Gasteiger partial charge in [0.1, 0.15) is 5.84 Å². The largest absolute Gasteiger partial charge is 0.386 e. The van der Waals surface area contributed by atoms with Gasteiger partial charge in [-0.1, -0.05) is 24.3 Å². The third kappa shape index (κ3) is 2.05. The summed E-state index contributed by atoms with van der Waals surface area (Å²) in [6.07, 6.45) is 1.55. The second-order valence-electron chi connectivity index (χ2n) is 4.74. The van der Waals surface area contributed by atoms with Gasteiger partial charge in [0.2, 0.25) is 0 Å². The number of rotatable bonds is 2. The average Bonchev–Trinajstić information content (AvgIpc) is 2.95. The standard InChI is InChI=1S/C13H16N6/c14-11(15)10-12(19-13(16)18-10)17-9-6-5-7-3-1-2-4-8(7)9/h1-4,10,12H,5-6H2,(H3,14,15)(H3,16,18,19). The van der Waals surface area contributed by atoms with Gasteiger partial charge in [0, 0.05) is 5.71 Å². The predicted molar refractivity (Wildman–Crippen MR) is 75.5 cm³/mol. The van der Waals surface area contributed by atoms with Crippen molar-refractivity contribution in [2.45, 2.75) is 25.0 Å². The van der Waals surface area contributed by atoms with Gasteiger partial charge in [-0.15, -0.1) is 0 Å². The number of aliphatic imine (C=N–C) groups is 2. The Kier molecular flexibility index (Phi) is 2.70. The van der Waals surface area contributed by atoms with Gasteiger partial charge in [-0.05, 0) is 24.0 Å². The molecule has 1 aromatic rings. The lowest BCUT2D eigenvalue weighted by molar-refractivity contribution is 0.631. The van der Waals surface area contributed by atoms with Crippen LogP contribution in [0.25, 0.3) is 0 Å². The monoisotopic (exact) mass is 256 g/mol. The molecule has 6 N–H and O–H groups in total. The normalized spacial score (nSPS) is 26.9. The van der Waals surface area contributed by atoms with Gasteiger partial charge < -0.3 is 16.8 Å². The number of guanidine groups is 1. The Morgan fingerprint density at radius 1 is 1.37 bits per heavy atom. The molecule has 98 valence electrons. The SMILES string of the molecule is N=C(N)C1N=C(N)NC1N=C1CCc2ccccc21. The number of benzene rings is 1. The fourth-order valence-corrected chi connectivity index (χ4v) is 2.54. The van der Waals surface area contributed by atoms with E-state index < -0.39 is 6.04 Å². The van der Waals surface area contributed by atoms with Crippen LogP contribution >= 0.6 is 0 Å². The average molecular weight is 256 g/mol. The molecule has 0 amide bonds. The summed E-state index contributed by atoms with van der Waals surface area (Å²) < 4.78 is 0. The molecule has 19 heavy (non-hydrogen) atoms. The quantitative estimate of drug-likeness (QED) is 0.440. The fraction of sp³-hybridized carbons (Fsp3) is 0.308. The highest BCUT2D eigenvalue weighted by Crippen LogP contribution is 2.23. The molecule has 1 heterocycles. The maximum Gasteiger partial charge on any atom is 0.191 e. The lowest BCUT2D eigenvalue weighted by Gasteiger charge is -2.14. The highest BCUT2D eigenvalue weighted by Gasteiger charge is 2.30. The van der Waals surface area contributed by atoms with Gasteiger partial charge >= 0.3 is 0 Å². The third-order valence-electron chi connectivity index (χ3n) is 3.45. The number of fused-ring (bicyclic) bond motifs is 1. The van der Waals surface area contributed by atoms with Gasteiger partial charge in [-0.2, -0.15) is 0 Å². The molecule has 0 saturated carbocycles. The molecule has 3 rings (SSSR count). The summed E-state index contributed by atoms with van der Waals surface area (Å²) in [5.41, 5.74) is 14.7. The number of nitrogens with zero attached hydrogens (tertiary/aromatic N) is 2. The van der Waals surface area contributed by atoms with Crippen molar-refractivity contribution >= 4 is 17.5 Å². The van der Waals surface area contributed by atoms with E-state index in [0.29, 0.717) is 5.96 Å². The second kappa shape index (κ2) is 4.38. The van der Waals surface area contributed by atoms with Gasteiger partial charge in [0.05, 0.1) is 0 Å². The molecule has 0 spiro atoms. The summed E-state index contributed by atoms with van der Waals surface area (Å²) in [5.74, 6) is 0.273. The molecule has 2 unspecified atom stereocenters. The van der Waals surface area contributed by atoms with E-state index in [4.69, 9.17) is 16.9 Å². The van der Waals surface area contributed by atoms with Crippen LogP contribution in [0.5, 0.6) is 0 Å². The number of hydrogen-bond donors (Lipinski definition) is 4. The Bertz CT molecular complexity index is 589. The van der Waals surface area contributed by atoms with Gasteiger partial charge in [-0.3, -0.25) is 10.4 Å². The smallest absolute Gasteiger partial charge is 0.191 e. The van der Waals surface area contributed by atoms with Crippen LogP contribution < -0.4 is 16.8 Å². The molecule has 2 aliphatic rings. The Balaban J connectivity index is 1.90. The van der Waals surface area contributed by atoms with Gasteiger partial charge in [0.25, 0.3) is 0 Å². The van der Waals surface area contributed by atoms with Crippen molar-refractivity contribution in [2.75, 3.05) is 0 Å². The van der Waals surface area contributed by atoms with E-state index in [-0.39, 0.29) is 12.0 Å². The number of aryl methyl sites for hydroxylation is 1. The Morgan fingerprint density at radius 3 is 2.95 bits per heavy atom. The fourth-order valence-electron chi connectivity index (χ4n) is 2.54. The minimum atomic E-state index is -0.500. The molecule has 1 aliphatic carbocycles. The second-order valence-corrected chi connectivity index (χ2v) is 4.74. The number of amidine groups is 1. The van der Waals surface area contributed by atoms with Crippen LogP contribution in [0.1, 0.15) is 17.5 Å². The zero-order chi connectivity index (χ0) is 13.4. The molecule has 0 radical (unpaired) electrons. The molecule has 1 aliphatic heterocycles. The summed E-state index contributed by atoms with van der Waals surface area (Å²) in [4.78, 5) is 8.75. The first-order valence-corrected chi connectivity index (χ1v) is 6.24. The van der Waals surface area contributed by atoms with Crippen LogP contribution in [0, 0.1) is 5.41 Å². The van der Waals surface area contributed by atoms with Gasteiger partial charge in [-0.25, -0.2) is 4.99 Å². The van der Waals surface area contributed by atoms with Crippen molar-refractivity contribution in [1.29, 1.82) is 5.41 Å². The first kappa shape index (κ1) is 11.7. The van der Waals surface area contributed by atoms with Crippen LogP contribution in [0.2, 0.25) is 0 Å². The van der Waals surface area contributed by atoms with Crippen molar-refractivity contribution in [3.8, 4) is 0 Å². The summed E-state index contributed by atoms with van der Waals surface area (Å²) in [6, 6.07) is 7.74. The van der Waals surface area contributed by atoms with Crippen molar-refractivity contribution in [3.63, 3.8) is 0 Å². The zero-order valence-corrected chi connectivity index (χ0v) is 10.4. The Labute approximate surface area is 111 Å². The van der Waals surface area contributed by atoms with Gasteiger partial charge in [0.15, 0.2) is 18.2 Å². The molecule has 2 atom stereocenters. The van der Waals surface area contributed by atoms with E-state index in [0.717, 1.165) is 18.6 Å². The Morgan fingerprint density at radius 2 is 2.16 bits per heavy atom. The maximum atomic E-state index is 7.54. The minimum absolute atomic E-state index is 0.0198. The molecule has 0 fully saturated rings. The van der Waals surface area contributed by atoms with Crippen molar-refractivity contribution in [3.05, 3.63) is 35.4 Å². The summed E-state index contributed by atoms with van der Waals surface area (Å²) in [7, 11) is 0. The maximum absolute atomic E-state index is 7.54. The van der Waals surface area contributed by atoms with Crippen molar-refractivity contribution < 1.29 is 0 Å². The summed E-state index contributed by atoms with van der Waals surface area (Å²) in [5, 5.41) is 10.5. The number of nitrogens with two attached hydrogens (primary N) is 2. The minimum Gasteiger partial charge on any atom is -0.386 e. The van der Waals surface area contributed by atoms with Crippen molar-refractivity contribution in [2.24, 2.45) is 21.5 Å². The number of hydrogen-bond acceptors (Lipinski definition) is 5. The lowest BCUT2D eigenvalue weighted by atomic mass is 10.1. The first-order valence-electron chi connectivity index (χ1n) is 6.24. The predicted octanol–water partition coefficient (Wildman–Crippen LogP) is -0.0295. The van der Waals surface area contributed by atoms with E-state index in [2.05, 4.69) is 27.4 Å². The van der Waals surface area contributed by atoms with Crippen LogP contribution in [-0.2, 0) is 6.42 Å². The molecule has 0 aromatic heterocycles. The highest BCUT2D eigenvalue weighted by molar-refractivity contribution is 6.05. The molecular weight excluding hydrogens is 240 g/mol. The summed E-state index contributed by atoms with van der Waals surface area (Å²) in [6.45, 7) is 0. The topological polar surface area (TPSA) is 113 Å². The zero-order valence-electron chi connectivity index (χ0n) is 10.4. The molecule has 0 bridgehead atoms. The molecule has 6 nitrogen and oxygen atoms in total. The van der Waals surface area contributed by atoms with E-state index in [1.165, 1.54) is 11.1 Å². The number of nitrogens with one attached hydrogen (secondary N) is 2. The van der Waals surface area contributed by atoms with Crippen LogP contribution in [0.15, 0.2) is 34.3 Å². The molecular formula is C13H16N6. The molecule has 6 heteroatoms. The summed E-state index contributed by atoms with van der Waals surface area (Å²) >= 11 is 0. The van der Waals surface area contributed by atoms with E-state index in [1.807, 2.05) is 12.1 Å². The van der Waals surface area contributed by atoms with Crippen LogP contribution in [0.3, 0.4) is 0 Å². The molecule has 0 saturated heterocycles. The Hall–Kier alpha value is -2.37. The highest BCUT2D eigenvalue weighted by atomic mass is 15.3. The van der Waals surface area contributed by atoms with E-state index in [9.17, 15) is 0 Å². The third-order valence-corrected chi connectivity index (χ3v) is 3.45. The van der Waals surface area contributed by atoms with Crippen LogP contribution in [0.4, 0.5) is 0 Å². The van der Waals surface area contributed by atoms with E-state index >= 15 is 0 Å². The van der Waals surface area contributed by atoms with Crippen molar-refractivity contribution in [1.82, 2.24) is 5.32 Å². The lowest BCUT2D eigenvalue weighted by Crippen LogP contribution is -2.41. The van der Waals surface area contributed by atoms with E-state index in [1.54, 1.807) is 0 Å². The first-order chi connectivity index (χ1) is 9.15.